The molecular formula is C52H84NO8+. The lowest BCUT2D eigenvalue weighted by Crippen LogP contribution is -2.40. The lowest BCUT2D eigenvalue weighted by molar-refractivity contribution is -0.870. The maximum absolute atomic E-state index is 12.8. The number of carbonyl (C=O) groups excluding carboxylic acids is 2. The van der Waals surface area contributed by atoms with Crippen LogP contribution >= 0.6 is 0 Å². The number of carboxylic acid groups (broad SMARTS) is 1. The number of quaternary nitrogens is 1. The predicted octanol–water partition coefficient (Wildman–Crippen LogP) is 12.4. The Balaban J connectivity index is 4.54. The number of unbranched alkanes of at least 4 members (excludes halogenated alkanes) is 7. The number of likely N-dealkylation sites (N-methyl/N-ethyl adjacent to an activating group) is 1. The van der Waals surface area contributed by atoms with Crippen LogP contribution in [0.4, 0.5) is 0 Å². The van der Waals surface area contributed by atoms with Crippen molar-refractivity contribution >= 4 is 17.9 Å². The summed E-state index contributed by atoms with van der Waals surface area (Å²) in [6.45, 7) is 4.53. The van der Waals surface area contributed by atoms with Crippen molar-refractivity contribution in [2.75, 3.05) is 47.5 Å². The Morgan fingerprint density at radius 1 is 0.492 bits per heavy atom. The van der Waals surface area contributed by atoms with Crippen LogP contribution in [0.1, 0.15) is 142 Å². The van der Waals surface area contributed by atoms with Gasteiger partial charge in [-0.3, -0.25) is 9.59 Å². The molecule has 0 saturated carbocycles. The number of esters is 2. The summed E-state index contributed by atoms with van der Waals surface area (Å²) < 4.78 is 22.7. The van der Waals surface area contributed by atoms with E-state index in [1.807, 2.05) is 21.1 Å². The zero-order chi connectivity index (χ0) is 44.9. The van der Waals surface area contributed by atoms with Crippen LogP contribution < -0.4 is 0 Å². The molecule has 0 heterocycles. The molecule has 61 heavy (non-hydrogen) atoms. The third kappa shape index (κ3) is 43.8. The highest BCUT2D eigenvalue weighted by Crippen LogP contribution is 2.11. The number of rotatable bonds is 40. The quantitative estimate of drug-likeness (QED) is 0.0213. The molecule has 9 nitrogen and oxygen atoms in total. The van der Waals surface area contributed by atoms with Crippen LogP contribution in [0.15, 0.2) is 109 Å². The van der Waals surface area contributed by atoms with Gasteiger partial charge < -0.3 is 28.5 Å². The van der Waals surface area contributed by atoms with Crippen molar-refractivity contribution in [3.05, 3.63) is 109 Å². The first kappa shape index (κ1) is 57.0. The number of ether oxygens (including phenoxy) is 4. The highest BCUT2D eigenvalue weighted by Gasteiger charge is 2.25. The number of carboxylic acids is 1. The van der Waals surface area contributed by atoms with E-state index in [1.165, 1.54) is 0 Å². The summed E-state index contributed by atoms with van der Waals surface area (Å²) in [4.78, 5) is 37.1. The van der Waals surface area contributed by atoms with Gasteiger partial charge in [0.1, 0.15) is 13.2 Å². The average molecular weight is 851 g/mol. The van der Waals surface area contributed by atoms with Gasteiger partial charge in [0, 0.05) is 12.8 Å². The molecule has 0 bridgehead atoms. The molecule has 0 amide bonds. The Labute approximate surface area is 371 Å². The Morgan fingerprint density at radius 2 is 0.885 bits per heavy atom. The summed E-state index contributed by atoms with van der Waals surface area (Å²) in [5.41, 5.74) is 0. The molecular weight excluding hydrogens is 767 g/mol. The third-order valence-corrected chi connectivity index (χ3v) is 9.02. The number of nitrogens with zero attached hydrogens (tertiary/aromatic N) is 1. The van der Waals surface area contributed by atoms with Gasteiger partial charge in [-0.05, 0) is 96.3 Å². The van der Waals surface area contributed by atoms with E-state index in [9.17, 15) is 19.5 Å². The smallest absolute Gasteiger partial charge is 0.361 e. The zero-order valence-corrected chi connectivity index (χ0v) is 38.8. The zero-order valence-electron chi connectivity index (χ0n) is 38.8. The van der Waals surface area contributed by atoms with Crippen molar-refractivity contribution in [2.24, 2.45) is 0 Å². The standard InChI is InChI=1S/C52H83NO8/c1-6-8-10-12-14-16-18-20-22-23-24-25-26-27-29-31-33-35-37-39-41-43-50(55)61-48(47-60-52(51(56)57)58-45-44-53(3,4)5)46-59-49(54)42-40-38-36-34-32-30-28-21-19-17-15-13-11-9-7-2/h8-11,14-17,20-22,24-25,27-29,32,34,48,52H,6-7,12-13,18-19,23,26,30-31,33,35-47H2,1-5H3/p+1/b10-8-,11-9-,16-14-,17-15-,22-20-,25-24-,28-21-,29-27-,34-32-. The van der Waals surface area contributed by atoms with Crippen LogP contribution in [0.5, 0.6) is 0 Å². The fraction of sp³-hybridized carbons (Fsp3) is 0.596. The highest BCUT2D eigenvalue weighted by molar-refractivity contribution is 5.71. The predicted molar refractivity (Wildman–Crippen MR) is 253 cm³/mol. The largest absolute Gasteiger partial charge is 0.477 e. The normalized spacial score (nSPS) is 13.9. The maximum Gasteiger partial charge on any atom is 0.361 e. The fourth-order valence-electron chi connectivity index (χ4n) is 5.50. The van der Waals surface area contributed by atoms with E-state index in [1.54, 1.807) is 0 Å². The molecule has 0 aliphatic rings. The fourth-order valence-corrected chi connectivity index (χ4v) is 5.50. The number of hydrogen-bond acceptors (Lipinski definition) is 7. The van der Waals surface area contributed by atoms with Gasteiger partial charge in [-0.15, -0.1) is 0 Å². The second-order valence-electron chi connectivity index (χ2n) is 15.9. The van der Waals surface area contributed by atoms with E-state index < -0.39 is 30.3 Å². The van der Waals surface area contributed by atoms with Crippen LogP contribution in [-0.4, -0.2) is 87.4 Å². The van der Waals surface area contributed by atoms with E-state index in [4.69, 9.17) is 18.9 Å². The van der Waals surface area contributed by atoms with Gasteiger partial charge in [0.2, 0.25) is 0 Å². The Kier molecular flexibility index (Phi) is 39.8. The van der Waals surface area contributed by atoms with Crippen LogP contribution in [0.3, 0.4) is 0 Å². The maximum atomic E-state index is 12.8. The van der Waals surface area contributed by atoms with Gasteiger partial charge in [0.25, 0.3) is 6.29 Å². The van der Waals surface area contributed by atoms with Crippen molar-refractivity contribution < 1.29 is 42.9 Å². The second-order valence-corrected chi connectivity index (χ2v) is 15.9. The van der Waals surface area contributed by atoms with Crippen LogP contribution in [0, 0.1) is 0 Å². The molecule has 0 aromatic rings. The Bertz CT molecular complexity index is 1360. The van der Waals surface area contributed by atoms with E-state index in [0.717, 1.165) is 103 Å². The lowest BCUT2D eigenvalue weighted by Gasteiger charge is -2.25. The first-order valence-electron chi connectivity index (χ1n) is 23.1. The minimum absolute atomic E-state index is 0.170. The van der Waals surface area contributed by atoms with Crippen molar-refractivity contribution in [3.8, 4) is 0 Å². The molecule has 0 aromatic heterocycles. The summed E-state index contributed by atoms with van der Waals surface area (Å²) in [7, 11) is 5.92. The van der Waals surface area contributed by atoms with Crippen LogP contribution in [0.25, 0.3) is 0 Å². The minimum atomic E-state index is -1.53. The highest BCUT2D eigenvalue weighted by atomic mass is 16.7. The van der Waals surface area contributed by atoms with E-state index in [-0.39, 0.29) is 32.7 Å². The van der Waals surface area contributed by atoms with Gasteiger partial charge in [-0.2, -0.15) is 0 Å². The van der Waals surface area contributed by atoms with Gasteiger partial charge in [-0.25, -0.2) is 4.79 Å². The van der Waals surface area contributed by atoms with Gasteiger partial charge in [0.15, 0.2) is 6.10 Å². The molecule has 0 rings (SSSR count). The number of hydrogen-bond donors (Lipinski definition) is 1. The Hall–Kier alpha value is -4.05. The van der Waals surface area contributed by atoms with E-state index in [0.29, 0.717) is 23.9 Å². The van der Waals surface area contributed by atoms with Gasteiger partial charge >= 0.3 is 17.9 Å². The van der Waals surface area contributed by atoms with E-state index in [2.05, 4.69) is 123 Å². The topological polar surface area (TPSA) is 108 Å². The summed E-state index contributed by atoms with van der Waals surface area (Å²) in [6, 6.07) is 0. The Morgan fingerprint density at radius 3 is 1.34 bits per heavy atom. The first-order chi connectivity index (χ1) is 29.6. The summed E-state index contributed by atoms with van der Waals surface area (Å²) in [5.74, 6) is -2.11. The lowest BCUT2D eigenvalue weighted by atomic mass is 10.1. The first-order valence-corrected chi connectivity index (χ1v) is 23.1. The molecule has 0 aliphatic heterocycles. The monoisotopic (exact) mass is 851 g/mol. The number of allylic oxidation sites excluding steroid dienone is 18. The molecule has 9 heteroatoms. The molecule has 0 spiro atoms. The SMILES string of the molecule is CC/C=C\C/C=C\C/C=C\C/C=C\C/C=C\CCCCCCCC(=O)OC(COC(=O)CCCC/C=C\C/C=C\C/C=C\C/C=C\CC)COC(OCC[N+](C)(C)C)C(=O)O. The third-order valence-electron chi connectivity index (χ3n) is 9.02. The van der Waals surface area contributed by atoms with Crippen molar-refractivity contribution in [1.29, 1.82) is 0 Å². The van der Waals surface area contributed by atoms with Crippen molar-refractivity contribution in [3.63, 3.8) is 0 Å². The molecule has 0 saturated heterocycles. The van der Waals surface area contributed by atoms with Crippen molar-refractivity contribution in [2.45, 2.75) is 155 Å². The van der Waals surface area contributed by atoms with Crippen LogP contribution in [0.2, 0.25) is 0 Å². The average Bonchev–Trinajstić information content (AvgIpc) is 3.22. The number of carbonyl (C=O) groups is 3. The van der Waals surface area contributed by atoms with Crippen LogP contribution in [-0.2, 0) is 33.3 Å². The molecule has 0 fully saturated rings. The van der Waals surface area contributed by atoms with Gasteiger partial charge in [0.05, 0.1) is 34.4 Å². The molecule has 344 valence electrons. The summed E-state index contributed by atoms with van der Waals surface area (Å²) >= 11 is 0. The molecule has 0 aliphatic carbocycles. The molecule has 0 radical (unpaired) electrons. The second kappa shape index (κ2) is 42.6. The summed E-state index contributed by atoms with van der Waals surface area (Å²) in [6.07, 6.45) is 54.4. The minimum Gasteiger partial charge on any atom is -0.477 e. The molecule has 2 atom stereocenters. The van der Waals surface area contributed by atoms with Gasteiger partial charge in [-0.1, -0.05) is 142 Å². The summed E-state index contributed by atoms with van der Waals surface area (Å²) in [5, 5.41) is 9.64. The van der Waals surface area contributed by atoms with Crippen molar-refractivity contribution in [1.82, 2.24) is 0 Å². The molecule has 0 aromatic carbocycles. The molecule has 1 N–H and O–H groups in total. The molecule has 2 unspecified atom stereocenters. The number of aliphatic carboxylic acids is 1. The van der Waals surface area contributed by atoms with E-state index >= 15 is 0 Å².